The van der Waals surface area contributed by atoms with Crippen molar-refractivity contribution in [2.24, 2.45) is 5.73 Å². The molecular weight excluding hydrogens is 333 g/mol. The minimum Gasteiger partial charge on any atom is -0.477 e. The lowest BCUT2D eigenvalue weighted by Crippen LogP contribution is -2.19. The van der Waals surface area contributed by atoms with Gasteiger partial charge in [0.2, 0.25) is 5.43 Å². The molecule has 0 amide bonds. The van der Waals surface area contributed by atoms with Gasteiger partial charge in [-0.2, -0.15) is 0 Å². The van der Waals surface area contributed by atoms with Crippen LogP contribution in [0.2, 0.25) is 0 Å². The zero-order valence-corrected chi connectivity index (χ0v) is 13.6. The molecule has 3 rings (SSSR count). The van der Waals surface area contributed by atoms with Crippen LogP contribution in [0.1, 0.15) is 23.0 Å². The molecular formula is C16H14FN3O3S. The molecule has 2 aromatic heterocycles. The summed E-state index contributed by atoms with van der Waals surface area (Å²) in [7, 11) is 0. The van der Waals surface area contributed by atoms with Gasteiger partial charge < -0.3 is 15.4 Å². The largest absolute Gasteiger partial charge is 0.477 e. The number of fused-ring (bicyclic) bond motifs is 1. The summed E-state index contributed by atoms with van der Waals surface area (Å²) in [6.45, 7) is 2.51. The average molecular weight is 347 g/mol. The normalized spacial score (nSPS) is 11.1. The molecule has 0 saturated heterocycles. The topological polar surface area (TPSA) is 98.2 Å². The van der Waals surface area contributed by atoms with E-state index < -0.39 is 17.2 Å². The highest BCUT2D eigenvalue weighted by atomic mass is 32.1. The van der Waals surface area contributed by atoms with E-state index in [0.29, 0.717) is 22.8 Å². The van der Waals surface area contributed by atoms with Crippen molar-refractivity contribution in [1.29, 1.82) is 0 Å². The van der Waals surface area contributed by atoms with Crippen molar-refractivity contribution >= 4 is 28.2 Å². The van der Waals surface area contributed by atoms with Crippen molar-refractivity contribution in [3.05, 3.63) is 51.0 Å². The lowest BCUT2D eigenvalue weighted by atomic mass is 10.1. The molecule has 1 aromatic carbocycles. The number of nitrogens with zero attached hydrogens (tertiary/aromatic N) is 2. The van der Waals surface area contributed by atoms with E-state index in [1.54, 1.807) is 9.95 Å². The minimum atomic E-state index is -1.33. The molecule has 0 saturated carbocycles. The highest BCUT2D eigenvalue weighted by Crippen LogP contribution is 2.29. The van der Waals surface area contributed by atoms with Crippen LogP contribution in [0.5, 0.6) is 0 Å². The number of hydrogen-bond donors (Lipinski definition) is 2. The number of pyridine rings is 1. The third-order valence-corrected chi connectivity index (χ3v) is 4.66. The zero-order chi connectivity index (χ0) is 17.4. The molecule has 0 unspecified atom stereocenters. The van der Waals surface area contributed by atoms with E-state index in [1.807, 2.05) is 6.92 Å². The van der Waals surface area contributed by atoms with Crippen molar-refractivity contribution in [2.45, 2.75) is 20.0 Å². The second-order valence-corrected chi connectivity index (χ2v) is 6.02. The highest BCUT2D eigenvalue weighted by molar-refractivity contribution is 7.13. The van der Waals surface area contributed by atoms with E-state index in [4.69, 9.17) is 10.8 Å². The van der Waals surface area contributed by atoms with Gasteiger partial charge in [0, 0.05) is 35.6 Å². The number of carbonyl (C=O) groups is 1. The fourth-order valence-corrected chi connectivity index (χ4v) is 3.36. The fraction of sp³-hybridized carbons (Fsp3) is 0.188. The first kappa shape index (κ1) is 16.3. The van der Waals surface area contributed by atoms with Crippen LogP contribution in [0, 0.1) is 5.82 Å². The number of nitrogens with two attached hydrogens (primary N) is 1. The number of rotatable bonds is 4. The molecule has 0 aliphatic carbocycles. The summed E-state index contributed by atoms with van der Waals surface area (Å²) in [5, 5.41) is 11.4. The Morgan fingerprint density at radius 3 is 2.79 bits per heavy atom. The van der Waals surface area contributed by atoms with Gasteiger partial charge in [-0.3, -0.25) is 4.79 Å². The van der Waals surface area contributed by atoms with Crippen LogP contribution in [-0.2, 0) is 13.1 Å². The monoisotopic (exact) mass is 347 g/mol. The number of aromatic nitrogens is 2. The Morgan fingerprint density at radius 1 is 1.46 bits per heavy atom. The van der Waals surface area contributed by atoms with Crippen LogP contribution < -0.4 is 11.2 Å². The lowest BCUT2D eigenvalue weighted by molar-refractivity contribution is 0.0695. The smallest absolute Gasteiger partial charge is 0.341 e. The Bertz CT molecular complexity index is 1010. The van der Waals surface area contributed by atoms with Crippen LogP contribution >= 0.6 is 11.3 Å². The molecule has 0 aliphatic heterocycles. The molecule has 2 heterocycles. The average Bonchev–Trinajstić information content (AvgIpc) is 3.03. The van der Waals surface area contributed by atoms with Gasteiger partial charge in [-0.05, 0) is 19.1 Å². The summed E-state index contributed by atoms with van der Waals surface area (Å²) < 4.78 is 16.1. The van der Waals surface area contributed by atoms with Crippen molar-refractivity contribution in [3.63, 3.8) is 0 Å². The van der Waals surface area contributed by atoms with E-state index in [-0.39, 0.29) is 23.1 Å². The van der Waals surface area contributed by atoms with Gasteiger partial charge in [-0.15, -0.1) is 11.3 Å². The Balaban J connectivity index is 2.33. The Morgan fingerprint density at radius 2 is 2.21 bits per heavy atom. The van der Waals surface area contributed by atoms with Crippen LogP contribution in [0.3, 0.4) is 0 Å². The number of carboxylic acid groups (broad SMARTS) is 1. The summed E-state index contributed by atoms with van der Waals surface area (Å²) in [5.74, 6) is -1.95. The minimum absolute atomic E-state index is 0.0357. The van der Waals surface area contributed by atoms with Gasteiger partial charge in [0.25, 0.3) is 0 Å². The first-order chi connectivity index (χ1) is 11.5. The van der Waals surface area contributed by atoms with Crippen LogP contribution in [0.4, 0.5) is 4.39 Å². The molecule has 8 heteroatoms. The Kier molecular flexibility index (Phi) is 4.16. The fourth-order valence-electron chi connectivity index (χ4n) is 2.51. The molecule has 0 aliphatic rings. The van der Waals surface area contributed by atoms with Gasteiger partial charge in [-0.1, -0.05) is 0 Å². The zero-order valence-electron chi connectivity index (χ0n) is 12.7. The Labute approximate surface area is 140 Å². The van der Waals surface area contributed by atoms with E-state index in [0.717, 1.165) is 6.07 Å². The number of carboxylic acids is 1. The van der Waals surface area contributed by atoms with Gasteiger partial charge in [0.1, 0.15) is 16.4 Å². The summed E-state index contributed by atoms with van der Waals surface area (Å²) in [5.41, 5.74) is 5.83. The molecule has 6 nitrogen and oxygen atoms in total. The second kappa shape index (κ2) is 6.14. The predicted molar refractivity (Wildman–Crippen MR) is 89.8 cm³/mol. The van der Waals surface area contributed by atoms with Crippen LogP contribution in [0.15, 0.2) is 28.5 Å². The van der Waals surface area contributed by atoms with Gasteiger partial charge in [0.05, 0.1) is 11.2 Å². The number of aromatic carboxylic acids is 1. The second-order valence-electron chi connectivity index (χ2n) is 5.16. The van der Waals surface area contributed by atoms with Crippen molar-refractivity contribution in [1.82, 2.24) is 9.55 Å². The van der Waals surface area contributed by atoms with E-state index >= 15 is 0 Å². The third kappa shape index (κ3) is 2.59. The summed E-state index contributed by atoms with van der Waals surface area (Å²) >= 11 is 1.26. The molecule has 0 spiro atoms. The number of hydrogen-bond acceptors (Lipinski definition) is 5. The van der Waals surface area contributed by atoms with Gasteiger partial charge in [-0.25, -0.2) is 14.2 Å². The number of thiazole rings is 1. The third-order valence-electron chi connectivity index (χ3n) is 3.73. The molecule has 3 aromatic rings. The van der Waals surface area contributed by atoms with Crippen molar-refractivity contribution in [3.8, 4) is 10.6 Å². The molecule has 0 radical (unpaired) electrons. The SMILES string of the molecule is CCn1cc(C(=O)O)c(=O)c2cc(F)c(-c3nc(CN)cs3)cc21. The summed E-state index contributed by atoms with van der Waals surface area (Å²) in [4.78, 5) is 27.8. The first-order valence-corrected chi connectivity index (χ1v) is 8.09. The standard InChI is InChI=1S/C16H14FN3O3S/c1-2-20-6-11(16(22)23)14(21)10-3-12(17)9(4-13(10)20)15-19-8(5-18)7-24-15/h3-4,6-7H,2,5,18H2,1H3,(H,22,23). The van der Waals surface area contributed by atoms with E-state index in [1.165, 1.54) is 23.6 Å². The number of aryl methyl sites for hydroxylation is 1. The molecule has 0 fully saturated rings. The molecule has 0 atom stereocenters. The molecule has 124 valence electrons. The maximum Gasteiger partial charge on any atom is 0.341 e. The van der Waals surface area contributed by atoms with Crippen molar-refractivity contribution < 1.29 is 14.3 Å². The molecule has 3 N–H and O–H groups in total. The van der Waals surface area contributed by atoms with Crippen LogP contribution in [0.25, 0.3) is 21.5 Å². The molecule has 0 bridgehead atoms. The summed E-state index contributed by atoms with van der Waals surface area (Å²) in [6, 6.07) is 2.61. The quantitative estimate of drug-likeness (QED) is 0.755. The maximum atomic E-state index is 14.5. The maximum absolute atomic E-state index is 14.5. The lowest BCUT2D eigenvalue weighted by Gasteiger charge is -2.11. The number of halogens is 1. The van der Waals surface area contributed by atoms with Gasteiger partial charge >= 0.3 is 5.97 Å². The summed E-state index contributed by atoms with van der Waals surface area (Å²) in [6.07, 6.45) is 1.28. The molecule has 24 heavy (non-hydrogen) atoms. The van der Waals surface area contributed by atoms with E-state index in [9.17, 15) is 14.0 Å². The van der Waals surface area contributed by atoms with Gasteiger partial charge in [0.15, 0.2) is 0 Å². The number of benzene rings is 1. The first-order valence-electron chi connectivity index (χ1n) is 7.21. The van der Waals surface area contributed by atoms with Crippen LogP contribution in [-0.4, -0.2) is 20.6 Å². The van der Waals surface area contributed by atoms with Crippen molar-refractivity contribution in [2.75, 3.05) is 0 Å². The predicted octanol–water partition coefficient (Wildman–Crippen LogP) is 2.44. The van der Waals surface area contributed by atoms with E-state index in [2.05, 4.69) is 4.98 Å². The highest BCUT2D eigenvalue weighted by Gasteiger charge is 2.18. The Hall–Kier alpha value is -2.58.